The molecule has 1 N–H and O–H groups in total. The van der Waals surface area contributed by atoms with E-state index in [1.165, 1.54) is 0 Å². The van der Waals surface area contributed by atoms with Gasteiger partial charge in [0.15, 0.2) is 6.10 Å². The number of hydrogen-bond acceptors (Lipinski definition) is 3. The molecular weight excluding hydrogens is 314 g/mol. The molecule has 0 aromatic heterocycles. The third-order valence-electron chi connectivity index (χ3n) is 4.52. The standard InChI is InChI=1S/C21H19NO3/c1-24-18-9-8-15-10-14(6-7-16(15)11-18)13-22-21(23)20-12-17-4-2-3-5-19(17)25-20/h2-11,20H,12-13H2,1H3,(H,22,23). The number of carbonyl (C=O) groups excluding carboxylic acids is 1. The fourth-order valence-electron chi connectivity index (χ4n) is 3.14. The summed E-state index contributed by atoms with van der Waals surface area (Å²) in [6, 6.07) is 19.9. The van der Waals surface area contributed by atoms with E-state index in [9.17, 15) is 4.79 Å². The number of methoxy groups -OCH3 is 1. The second-order valence-corrected chi connectivity index (χ2v) is 6.18. The molecule has 0 saturated heterocycles. The molecule has 1 heterocycles. The van der Waals surface area contributed by atoms with E-state index in [-0.39, 0.29) is 5.91 Å². The fraction of sp³-hybridized carbons (Fsp3) is 0.190. The highest BCUT2D eigenvalue weighted by molar-refractivity contribution is 5.85. The largest absolute Gasteiger partial charge is 0.497 e. The zero-order valence-electron chi connectivity index (χ0n) is 14.0. The molecule has 1 unspecified atom stereocenters. The summed E-state index contributed by atoms with van der Waals surface area (Å²) in [5.41, 5.74) is 2.14. The molecule has 0 aliphatic carbocycles. The number of hydrogen-bond donors (Lipinski definition) is 1. The number of para-hydroxylation sites is 1. The zero-order chi connectivity index (χ0) is 17.2. The Labute approximate surface area is 146 Å². The topological polar surface area (TPSA) is 47.6 Å². The van der Waals surface area contributed by atoms with E-state index >= 15 is 0 Å². The Morgan fingerprint density at radius 3 is 2.76 bits per heavy atom. The van der Waals surface area contributed by atoms with Crippen LogP contribution in [0.5, 0.6) is 11.5 Å². The van der Waals surface area contributed by atoms with E-state index in [0.29, 0.717) is 13.0 Å². The molecule has 25 heavy (non-hydrogen) atoms. The molecular formula is C21H19NO3. The number of amides is 1. The van der Waals surface area contributed by atoms with Crippen LogP contribution < -0.4 is 14.8 Å². The van der Waals surface area contributed by atoms with Crippen LogP contribution in [-0.4, -0.2) is 19.1 Å². The monoisotopic (exact) mass is 333 g/mol. The van der Waals surface area contributed by atoms with Gasteiger partial charge in [-0.25, -0.2) is 0 Å². The minimum absolute atomic E-state index is 0.0778. The van der Waals surface area contributed by atoms with Crippen LogP contribution in [0.1, 0.15) is 11.1 Å². The Morgan fingerprint density at radius 1 is 1.12 bits per heavy atom. The van der Waals surface area contributed by atoms with Gasteiger partial charge in [-0.05, 0) is 46.2 Å². The molecule has 3 aromatic carbocycles. The maximum atomic E-state index is 12.4. The van der Waals surface area contributed by atoms with Crippen molar-refractivity contribution < 1.29 is 14.3 Å². The minimum Gasteiger partial charge on any atom is -0.497 e. The van der Waals surface area contributed by atoms with Crippen molar-refractivity contribution in [2.24, 2.45) is 0 Å². The van der Waals surface area contributed by atoms with E-state index in [1.807, 2.05) is 54.6 Å². The lowest BCUT2D eigenvalue weighted by Crippen LogP contribution is -2.37. The fourth-order valence-corrected chi connectivity index (χ4v) is 3.14. The zero-order valence-corrected chi connectivity index (χ0v) is 14.0. The van der Waals surface area contributed by atoms with Gasteiger partial charge in [-0.1, -0.05) is 36.4 Å². The summed E-state index contributed by atoms with van der Waals surface area (Å²) in [6.07, 6.45) is 0.182. The van der Waals surface area contributed by atoms with Crippen molar-refractivity contribution in [2.75, 3.05) is 7.11 Å². The molecule has 4 heteroatoms. The number of benzene rings is 3. The molecule has 0 fully saturated rings. The summed E-state index contributed by atoms with van der Waals surface area (Å²) < 4.78 is 11.0. The SMILES string of the molecule is COc1ccc2cc(CNC(=O)C3Cc4ccccc4O3)ccc2c1. The summed E-state index contributed by atoms with van der Waals surface area (Å²) in [4.78, 5) is 12.4. The van der Waals surface area contributed by atoms with Crippen LogP contribution in [-0.2, 0) is 17.8 Å². The minimum atomic E-state index is -0.442. The number of rotatable bonds is 4. The van der Waals surface area contributed by atoms with Gasteiger partial charge in [-0.15, -0.1) is 0 Å². The highest BCUT2D eigenvalue weighted by Crippen LogP contribution is 2.28. The first-order chi connectivity index (χ1) is 12.2. The van der Waals surface area contributed by atoms with Gasteiger partial charge >= 0.3 is 0 Å². The highest BCUT2D eigenvalue weighted by atomic mass is 16.5. The molecule has 1 aliphatic rings. The summed E-state index contributed by atoms with van der Waals surface area (Å²) in [5.74, 6) is 1.57. The van der Waals surface area contributed by atoms with E-state index in [2.05, 4.69) is 11.4 Å². The second kappa shape index (κ2) is 6.48. The van der Waals surface area contributed by atoms with E-state index in [1.54, 1.807) is 7.11 Å². The van der Waals surface area contributed by atoms with Crippen molar-refractivity contribution >= 4 is 16.7 Å². The quantitative estimate of drug-likeness (QED) is 0.795. The Kier molecular flexibility index (Phi) is 4.02. The van der Waals surface area contributed by atoms with Crippen LogP contribution in [0, 0.1) is 0 Å². The van der Waals surface area contributed by atoms with Crippen molar-refractivity contribution in [3.63, 3.8) is 0 Å². The Morgan fingerprint density at radius 2 is 1.92 bits per heavy atom. The van der Waals surface area contributed by atoms with Gasteiger partial charge in [-0.3, -0.25) is 4.79 Å². The van der Waals surface area contributed by atoms with Gasteiger partial charge < -0.3 is 14.8 Å². The third kappa shape index (κ3) is 3.15. The van der Waals surface area contributed by atoms with Gasteiger partial charge in [0.05, 0.1) is 7.11 Å². The predicted molar refractivity (Wildman–Crippen MR) is 96.9 cm³/mol. The normalized spacial score (nSPS) is 15.5. The number of nitrogens with one attached hydrogen (secondary N) is 1. The van der Waals surface area contributed by atoms with Crippen LogP contribution in [0.25, 0.3) is 10.8 Å². The van der Waals surface area contributed by atoms with E-state index < -0.39 is 6.10 Å². The predicted octanol–water partition coefficient (Wildman–Crippen LogP) is 3.47. The lowest BCUT2D eigenvalue weighted by molar-refractivity contribution is -0.127. The summed E-state index contributed by atoms with van der Waals surface area (Å²) in [5, 5.41) is 5.21. The van der Waals surface area contributed by atoms with Crippen molar-refractivity contribution in [1.82, 2.24) is 5.32 Å². The molecule has 0 spiro atoms. The smallest absolute Gasteiger partial charge is 0.261 e. The van der Waals surface area contributed by atoms with Crippen LogP contribution in [0.4, 0.5) is 0 Å². The van der Waals surface area contributed by atoms with Gasteiger partial charge in [0.1, 0.15) is 11.5 Å². The molecule has 3 aromatic rings. The van der Waals surface area contributed by atoms with Crippen LogP contribution in [0.15, 0.2) is 60.7 Å². The van der Waals surface area contributed by atoms with E-state index in [0.717, 1.165) is 33.4 Å². The first-order valence-corrected chi connectivity index (χ1v) is 8.32. The van der Waals surface area contributed by atoms with Gasteiger partial charge in [0.25, 0.3) is 5.91 Å². The summed E-state index contributed by atoms with van der Waals surface area (Å²) in [6.45, 7) is 0.483. The van der Waals surface area contributed by atoms with Gasteiger partial charge in [0, 0.05) is 13.0 Å². The molecule has 4 rings (SSSR count). The van der Waals surface area contributed by atoms with Crippen molar-refractivity contribution in [3.05, 3.63) is 71.8 Å². The molecule has 0 radical (unpaired) electrons. The van der Waals surface area contributed by atoms with Gasteiger partial charge in [-0.2, -0.15) is 0 Å². The third-order valence-corrected chi connectivity index (χ3v) is 4.52. The first kappa shape index (κ1) is 15.5. The maximum Gasteiger partial charge on any atom is 0.261 e. The highest BCUT2D eigenvalue weighted by Gasteiger charge is 2.28. The Bertz CT molecular complexity index is 910. The number of fused-ring (bicyclic) bond motifs is 2. The molecule has 126 valence electrons. The molecule has 1 amide bonds. The van der Waals surface area contributed by atoms with Crippen molar-refractivity contribution in [1.29, 1.82) is 0 Å². The Hall–Kier alpha value is -3.01. The Balaban J connectivity index is 1.41. The van der Waals surface area contributed by atoms with Crippen molar-refractivity contribution in [2.45, 2.75) is 19.1 Å². The summed E-state index contributed by atoms with van der Waals surface area (Å²) >= 11 is 0. The van der Waals surface area contributed by atoms with Gasteiger partial charge in [0.2, 0.25) is 0 Å². The average Bonchev–Trinajstić information content (AvgIpc) is 3.10. The lowest BCUT2D eigenvalue weighted by Gasteiger charge is -2.12. The molecule has 1 atom stereocenters. The molecule has 1 aliphatic heterocycles. The number of ether oxygens (including phenoxy) is 2. The second-order valence-electron chi connectivity index (χ2n) is 6.18. The van der Waals surface area contributed by atoms with E-state index in [4.69, 9.17) is 9.47 Å². The average molecular weight is 333 g/mol. The number of carbonyl (C=O) groups is 1. The van der Waals surface area contributed by atoms with Crippen LogP contribution >= 0.6 is 0 Å². The summed E-state index contributed by atoms with van der Waals surface area (Å²) in [7, 11) is 1.66. The van der Waals surface area contributed by atoms with Crippen molar-refractivity contribution in [3.8, 4) is 11.5 Å². The molecule has 4 nitrogen and oxygen atoms in total. The molecule has 0 saturated carbocycles. The van der Waals surface area contributed by atoms with Crippen LogP contribution in [0.2, 0.25) is 0 Å². The lowest BCUT2D eigenvalue weighted by atomic mass is 10.1. The first-order valence-electron chi connectivity index (χ1n) is 8.32. The maximum absolute atomic E-state index is 12.4. The van der Waals surface area contributed by atoms with Crippen LogP contribution in [0.3, 0.4) is 0 Å². The molecule has 0 bridgehead atoms.